The van der Waals surface area contributed by atoms with Crippen LogP contribution in [0.15, 0.2) is 42.6 Å². The van der Waals surface area contributed by atoms with Crippen LogP contribution in [0.25, 0.3) is 0 Å². The van der Waals surface area contributed by atoms with Crippen LogP contribution in [0.5, 0.6) is 0 Å². The number of halogens is 1. The Balaban J connectivity index is 0.00000198. The first-order valence-corrected chi connectivity index (χ1v) is 15.1. The molecule has 3 aromatic rings. The lowest BCUT2D eigenvalue weighted by molar-refractivity contribution is -0.0385. The van der Waals surface area contributed by atoms with Crippen molar-refractivity contribution in [1.82, 2.24) is 24.8 Å². The lowest BCUT2D eigenvalue weighted by atomic mass is 10.1. The van der Waals surface area contributed by atoms with Crippen molar-refractivity contribution in [3.63, 3.8) is 0 Å². The van der Waals surface area contributed by atoms with E-state index in [9.17, 15) is 9.18 Å². The molecule has 1 aromatic carbocycles. The van der Waals surface area contributed by atoms with E-state index in [0.717, 1.165) is 53.6 Å². The number of pyridine rings is 1. The number of ether oxygens (including phenoxy) is 2. The van der Waals surface area contributed by atoms with Crippen LogP contribution in [0, 0.1) is 18.2 Å². The van der Waals surface area contributed by atoms with E-state index in [1.807, 2.05) is 59.9 Å². The van der Waals surface area contributed by atoms with Crippen molar-refractivity contribution in [2.24, 2.45) is 5.41 Å². The van der Waals surface area contributed by atoms with Crippen LogP contribution in [0.4, 0.5) is 9.18 Å². The second kappa shape index (κ2) is 13.3. The van der Waals surface area contributed by atoms with Gasteiger partial charge in [-0.1, -0.05) is 32.9 Å². The van der Waals surface area contributed by atoms with E-state index in [0.29, 0.717) is 12.0 Å². The van der Waals surface area contributed by atoms with Crippen molar-refractivity contribution in [1.29, 1.82) is 0 Å². The molecule has 9 heteroatoms. The molecule has 1 aliphatic heterocycles. The van der Waals surface area contributed by atoms with Crippen LogP contribution in [0.2, 0.25) is 0 Å². The molecule has 0 radical (unpaired) electrons. The van der Waals surface area contributed by atoms with Crippen LogP contribution >= 0.6 is 0 Å². The summed E-state index contributed by atoms with van der Waals surface area (Å²) >= 11 is 0. The Hall–Kier alpha value is -3.30. The average Bonchev–Trinajstić information content (AvgIpc) is 3.59. The molecule has 5 rings (SSSR count). The van der Waals surface area contributed by atoms with Gasteiger partial charge >= 0.3 is 6.09 Å². The summed E-state index contributed by atoms with van der Waals surface area (Å²) < 4.78 is 27.6. The fraction of sp³-hybridized carbons (Fsp3) is 0.545. The summed E-state index contributed by atoms with van der Waals surface area (Å²) in [7, 11) is 0. The number of benzene rings is 1. The van der Waals surface area contributed by atoms with Crippen LogP contribution in [0.1, 0.15) is 94.6 Å². The van der Waals surface area contributed by atoms with Gasteiger partial charge in [-0.25, -0.2) is 14.2 Å². The monoisotopic (exact) mass is 579 g/mol. The van der Waals surface area contributed by atoms with E-state index in [-0.39, 0.29) is 25.1 Å². The second-order valence-corrected chi connectivity index (χ2v) is 12.2. The number of hydrogen-bond donors (Lipinski definition) is 1. The van der Waals surface area contributed by atoms with Crippen LogP contribution in [-0.4, -0.2) is 44.3 Å². The quantitative estimate of drug-likeness (QED) is 0.320. The van der Waals surface area contributed by atoms with Gasteiger partial charge in [-0.15, -0.1) is 0 Å². The number of hydrogen-bond acceptors (Lipinski definition) is 6. The predicted octanol–water partition coefficient (Wildman–Crippen LogP) is 6.70. The number of aromatic nitrogens is 3. The van der Waals surface area contributed by atoms with Gasteiger partial charge < -0.3 is 14.0 Å². The van der Waals surface area contributed by atoms with Gasteiger partial charge in [0.1, 0.15) is 23.5 Å². The molecule has 3 heterocycles. The molecule has 1 atom stereocenters. The summed E-state index contributed by atoms with van der Waals surface area (Å²) in [6.07, 6.45) is 4.43. The molecule has 1 spiro atoms. The van der Waals surface area contributed by atoms with Gasteiger partial charge in [0.05, 0.1) is 25.4 Å². The zero-order valence-corrected chi connectivity index (χ0v) is 26.2. The Morgan fingerprint density at radius 2 is 1.90 bits per heavy atom. The maximum atomic E-state index is 13.5. The minimum atomic E-state index is -0.655. The second-order valence-electron chi connectivity index (χ2n) is 12.2. The standard InChI is InChI=1S/C31H40FN5O3.C2H6/c1-6-26-15-33-27(37(26)16-22-7-9-24(32)10-8-22)18-36(29(38)40-30(3,4)5)17-25-14-23(13-21(2)35-25)28-34-19-31(11-12-31)20-39-28;1-2/h7-10,13-15,28,34H,6,11-12,16-20H2,1-5H3;1-2H3. The summed E-state index contributed by atoms with van der Waals surface area (Å²) in [5.74, 6) is 0.458. The van der Waals surface area contributed by atoms with Gasteiger partial charge in [0.25, 0.3) is 0 Å². The van der Waals surface area contributed by atoms with Crippen molar-refractivity contribution in [2.45, 2.75) is 99.2 Å². The summed E-state index contributed by atoms with van der Waals surface area (Å²) in [6, 6.07) is 10.5. The van der Waals surface area contributed by atoms with Crippen LogP contribution in [0.3, 0.4) is 0 Å². The number of carbonyl (C=O) groups excluding carboxylic acids is 1. The van der Waals surface area contributed by atoms with Gasteiger partial charge in [0.15, 0.2) is 0 Å². The topological polar surface area (TPSA) is 81.5 Å². The fourth-order valence-corrected chi connectivity index (χ4v) is 5.10. The first-order valence-electron chi connectivity index (χ1n) is 15.1. The SMILES string of the molecule is CC.CCc1cnc(CN(Cc2cc(C3NCC4(CC4)CO3)cc(C)n2)C(=O)OC(C)(C)C)n1Cc1ccc(F)cc1. The maximum Gasteiger partial charge on any atom is 0.411 e. The third-order valence-corrected chi connectivity index (χ3v) is 7.48. The normalized spacial score (nSPS) is 17.4. The molecule has 8 nitrogen and oxygen atoms in total. The average molecular weight is 580 g/mol. The molecule has 1 unspecified atom stereocenters. The smallest absolute Gasteiger partial charge is 0.411 e. The van der Waals surface area contributed by atoms with Gasteiger partial charge in [-0.05, 0) is 82.3 Å². The third kappa shape index (κ3) is 8.16. The number of imidazole rings is 1. The number of aryl methyl sites for hydroxylation is 2. The minimum Gasteiger partial charge on any atom is -0.444 e. The highest BCUT2D eigenvalue weighted by Crippen LogP contribution is 2.48. The molecule has 2 aliphatic rings. The van der Waals surface area contributed by atoms with Gasteiger partial charge in [-0.3, -0.25) is 15.2 Å². The van der Waals surface area contributed by atoms with Crippen LogP contribution < -0.4 is 5.32 Å². The first-order chi connectivity index (χ1) is 20.0. The van der Waals surface area contributed by atoms with Crippen molar-refractivity contribution < 1.29 is 18.7 Å². The van der Waals surface area contributed by atoms with Gasteiger partial charge in [0.2, 0.25) is 0 Å². The summed E-state index contributed by atoms with van der Waals surface area (Å²) in [4.78, 5) is 24.5. The molecule has 1 saturated carbocycles. The molecule has 1 amide bonds. The Morgan fingerprint density at radius 3 is 2.50 bits per heavy atom. The van der Waals surface area contributed by atoms with Gasteiger partial charge in [0, 0.05) is 36.1 Å². The van der Waals surface area contributed by atoms with E-state index < -0.39 is 11.7 Å². The van der Waals surface area contributed by atoms with E-state index in [1.165, 1.54) is 25.0 Å². The molecular formula is C33H46FN5O3. The Kier molecular flexibility index (Phi) is 10.0. The Morgan fingerprint density at radius 1 is 1.19 bits per heavy atom. The summed E-state index contributed by atoms with van der Waals surface area (Å²) in [6.45, 7) is 16.3. The van der Waals surface area contributed by atoms with Crippen molar-refractivity contribution in [2.75, 3.05) is 13.2 Å². The van der Waals surface area contributed by atoms with Gasteiger partial charge in [-0.2, -0.15) is 0 Å². The zero-order valence-electron chi connectivity index (χ0n) is 26.2. The minimum absolute atomic E-state index is 0.191. The highest BCUT2D eigenvalue weighted by atomic mass is 19.1. The van der Waals surface area contributed by atoms with Crippen molar-refractivity contribution in [3.8, 4) is 0 Å². The van der Waals surface area contributed by atoms with E-state index in [2.05, 4.69) is 21.8 Å². The first kappa shape index (κ1) is 31.6. The molecule has 0 bridgehead atoms. The van der Waals surface area contributed by atoms with E-state index in [4.69, 9.17) is 14.5 Å². The molecule has 2 fully saturated rings. The summed E-state index contributed by atoms with van der Waals surface area (Å²) in [5, 5.41) is 3.54. The van der Waals surface area contributed by atoms with Crippen LogP contribution in [-0.2, 0) is 35.5 Å². The molecular weight excluding hydrogens is 533 g/mol. The van der Waals surface area contributed by atoms with Crippen molar-refractivity contribution >= 4 is 6.09 Å². The molecule has 42 heavy (non-hydrogen) atoms. The van der Waals surface area contributed by atoms with E-state index >= 15 is 0 Å². The molecule has 1 saturated heterocycles. The Labute approximate surface area is 249 Å². The maximum absolute atomic E-state index is 13.5. The number of nitrogens with zero attached hydrogens (tertiary/aromatic N) is 4. The molecule has 1 N–H and O–H groups in total. The predicted molar refractivity (Wildman–Crippen MR) is 161 cm³/mol. The molecule has 1 aliphatic carbocycles. The number of nitrogens with one attached hydrogen (secondary N) is 1. The number of carbonyl (C=O) groups is 1. The lowest BCUT2D eigenvalue weighted by Gasteiger charge is -2.31. The summed E-state index contributed by atoms with van der Waals surface area (Å²) in [5.41, 5.74) is 4.28. The largest absolute Gasteiger partial charge is 0.444 e. The fourth-order valence-electron chi connectivity index (χ4n) is 5.10. The Bertz CT molecular complexity index is 1330. The lowest BCUT2D eigenvalue weighted by Crippen LogP contribution is -2.39. The van der Waals surface area contributed by atoms with Crippen molar-refractivity contribution in [3.05, 3.63) is 82.4 Å². The number of amides is 1. The highest BCUT2D eigenvalue weighted by Gasteiger charge is 2.46. The zero-order chi connectivity index (χ0) is 30.5. The molecule has 2 aromatic heterocycles. The number of rotatable bonds is 8. The highest BCUT2D eigenvalue weighted by molar-refractivity contribution is 5.68. The third-order valence-electron chi connectivity index (χ3n) is 7.48. The van der Waals surface area contributed by atoms with E-state index in [1.54, 1.807) is 17.0 Å². The molecule has 228 valence electrons.